The lowest BCUT2D eigenvalue weighted by Crippen LogP contribution is -2.25. The fraction of sp³-hybridized carbons (Fsp3) is 0.125. The third-order valence-corrected chi connectivity index (χ3v) is 6.70. The van der Waals surface area contributed by atoms with E-state index in [4.69, 9.17) is 21.3 Å². The van der Waals surface area contributed by atoms with Crippen LogP contribution in [-0.4, -0.2) is 31.7 Å². The number of halogens is 1. The van der Waals surface area contributed by atoms with Crippen LogP contribution >= 0.6 is 23.4 Å². The van der Waals surface area contributed by atoms with Gasteiger partial charge < -0.3 is 4.74 Å². The molecule has 8 nitrogen and oxygen atoms in total. The van der Waals surface area contributed by atoms with Crippen LogP contribution in [0, 0.1) is 6.92 Å². The maximum atomic E-state index is 13.6. The Morgan fingerprint density at radius 2 is 1.65 bits per heavy atom. The molecule has 0 atom stereocenters. The molecular formula is C24H18ClN5O3S. The average Bonchev–Trinajstić information content (AvgIpc) is 2.85. The van der Waals surface area contributed by atoms with Crippen molar-refractivity contribution < 1.29 is 4.74 Å². The lowest BCUT2D eigenvalue weighted by atomic mass is 10.2. The minimum Gasteiger partial charge on any atom is -0.495 e. The Hall–Kier alpha value is -3.69. The van der Waals surface area contributed by atoms with Crippen molar-refractivity contribution in [3.8, 4) is 11.4 Å². The average molecular weight is 492 g/mol. The molecule has 0 fully saturated rings. The minimum absolute atomic E-state index is 0.107. The molecule has 0 saturated heterocycles. The van der Waals surface area contributed by atoms with Crippen LogP contribution in [0.25, 0.3) is 27.5 Å². The summed E-state index contributed by atoms with van der Waals surface area (Å²) >= 11 is 7.49. The zero-order chi connectivity index (χ0) is 23.8. The van der Waals surface area contributed by atoms with Crippen LogP contribution in [0.3, 0.4) is 0 Å². The number of aromatic nitrogens is 5. The molecule has 10 heteroatoms. The first-order chi connectivity index (χ1) is 16.5. The van der Waals surface area contributed by atoms with Gasteiger partial charge in [-0.1, -0.05) is 52.8 Å². The van der Waals surface area contributed by atoms with Gasteiger partial charge in [0, 0.05) is 11.1 Å². The van der Waals surface area contributed by atoms with E-state index in [2.05, 4.69) is 10.3 Å². The summed E-state index contributed by atoms with van der Waals surface area (Å²) in [5.41, 5.74) is 1.83. The molecule has 0 amide bonds. The summed E-state index contributed by atoms with van der Waals surface area (Å²) in [5, 5.41) is 10.0. The van der Waals surface area contributed by atoms with E-state index in [0.29, 0.717) is 43.4 Å². The molecule has 0 bridgehead atoms. The van der Waals surface area contributed by atoms with E-state index in [1.165, 1.54) is 28.1 Å². The highest BCUT2D eigenvalue weighted by molar-refractivity contribution is 7.98. The topological polar surface area (TPSA) is 91.9 Å². The second-order valence-corrected chi connectivity index (χ2v) is 8.83. The van der Waals surface area contributed by atoms with Crippen molar-refractivity contribution in [2.45, 2.75) is 18.0 Å². The van der Waals surface area contributed by atoms with Crippen molar-refractivity contribution in [2.75, 3.05) is 7.11 Å². The van der Waals surface area contributed by atoms with E-state index < -0.39 is 0 Å². The molecule has 170 valence electrons. The second kappa shape index (κ2) is 8.92. The maximum absolute atomic E-state index is 13.6. The molecule has 5 aromatic rings. The summed E-state index contributed by atoms with van der Waals surface area (Å²) in [6.07, 6.45) is 0. The Kier molecular flexibility index (Phi) is 5.80. The number of benzene rings is 3. The van der Waals surface area contributed by atoms with Gasteiger partial charge in [-0.3, -0.25) is 14.2 Å². The maximum Gasteiger partial charge on any atom is 0.278 e. The number of para-hydroxylation sites is 1. The predicted molar refractivity (Wildman–Crippen MR) is 133 cm³/mol. The molecular weight excluding hydrogens is 474 g/mol. The van der Waals surface area contributed by atoms with E-state index in [-0.39, 0.29) is 17.0 Å². The van der Waals surface area contributed by atoms with Gasteiger partial charge in [0.1, 0.15) is 11.3 Å². The van der Waals surface area contributed by atoms with Crippen molar-refractivity contribution in [2.24, 2.45) is 0 Å². The van der Waals surface area contributed by atoms with Crippen LogP contribution in [-0.2, 0) is 5.88 Å². The highest BCUT2D eigenvalue weighted by Gasteiger charge is 2.18. The highest BCUT2D eigenvalue weighted by atomic mass is 35.5. The van der Waals surface area contributed by atoms with Crippen molar-refractivity contribution in [3.63, 3.8) is 0 Å². The fourth-order valence-electron chi connectivity index (χ4n) is 3.63. The molecule has 0 radical (unpaired) electrons. The van der Waals surface area contributed by atoms with Gasteiger partial charge in [0.15, 0.2) is 5.16 Å². The number of thioether (sulfide) groups is 1. The first-order valence-corrected chi connectivity index (χ1v) is 11.7. The van der Waals surface area contributed by atoms with Crippen molar-refractivity contribution >= 4 is 45.2 Å². The highest BCUT2D eigenvalue weighted by Crippen LogP contribution is 2.32. The summed E-state index contributed by atoms with van der Waals surface area (Å²) in [7, 11) is 1.51. The monoisotopic (exact) mass is 491 g/mol. The van der Waals surface area contributed by atoms with Gasteiger partial charge in [-0.2, -0.15) is 4.68 Å². The zero-order valence-electron chi connectivity index (χ0n) is 18.2. The Balaban J connectivity index is 1.67. The van der Waals surface area contributed by atoms with Gasteiger partial charge in [-0.15, -0.1) is 5.10 Å². The Labute approximate surface area is 202 Å². The molecule has 0 spiro atoms. The van der Waals surface area contributed by atoms with Gasteiger partial charge in [0.05, 0.1) is 35.0 Å². The number of nitrogens with zero attached hydrogens (tertiary/aromatic N) is 5. The largest absolute Gasteiger partial charge is 0.495 e. The number of hydrogen-bond acceptors (Lipinski definition) is 7. The van der Waals surface area contributed by atoms with Crippen LogP contribution in [0.2, 0.25) is 5.02 Å². The summed E-state index contributed by atoms with van der Waals surface area (Å²) in [5.74, 6) is 0.537. The molecule has 34 heavy (non-hydrogen) atoms. The molecule has 0 aliphatic rings. The first-order valence-electron chi connectivity index (χ1n) is 10.3. The lowest BCUT2D eigenvalue weighted by molar-refractivity contribution is 0.411. The number of ether oxygens (including phenoxy) is 1. The molecule has 0 saturated carbocycles. The first kappa shape index (κ1) is 22.1. The van der Waals surface area contributed by atoms with Crippen LogP contribution in [0.5, 0.6) is 5.75 Å². The predicted octanol–water partition coefficient (Wildman–Crippen LogP) is 4.21. The third kappa shape index (κ3) is 3.82. The normalized spacial score (nSPS) is 11.3. The summed E-state index contributed by atoms with van der Waals surface area (Å²) < 4.78 is 8.26. The number of hydrogen-bond donors (Lipinski definition) is 0. The number of aryl methyl sites for hydroxylation is 1. The van der Waals surface area contributed by atoms with E-state index >= 15 is 0 Å². The van der Waals surface area contributed by atoms with Crippen molar-refractivity contribution in [3.05, 3.63) is 92.0 Å². The van der Waals surface area contributed by atoms with Crippen LogP contribution in [0.4, 0.5) is 0 Å². The lowest BCUT2D eigenvalue weighted by Gasteiger charge is -2.17. The van der Waals surface area contributed by atoms with Gasteiger partial charge in [-0.25, -0.2) is 4.98 Å². The molecule has 5 rings (SSSR count). The Morgan fingerprint density at radius 3 is 2.38 bits per heavy atom. The fourth-order valence-corrected chi connectivity index (χ4v) is 4.67. The van der Waals surface area contributed by atoms with Gasteiger partial charge in [0.2, 0.25) is 0 Å². The van der Waals surface area contributed by atoms with E-state index in [0.717, 1.165) is 5.56 Å². The molecule has 0 aliphatic carbocycles. The molecule has 2 aromatic heterocycles. The Morgan fingerprint density at radius 1 is 0.971 bits per heavy atom. The van der Waals surface area contributed by atoms with Crippen LogP contribution in [0.15, 0.2) is 75.4 Å². The van der Waals surface area contributed by atoms with E-state index in [1.807, 2.05) is 13.0 Å². The van der Waals surface area contributed by atoms with Gasteiger partial charge in [-0.05, 0) is 42.8 Å². The second-order valence-electron chi connectivity index (χ2n) is 7.51. The number of rotatable bonds is 5. The summed E-state index contributed by atoms with van der Waals surface area (Å²) in [4.78, 5) is 31.2. The SMILES string of the molecule is COc1cc(Cl)c(C)cc1-n1c(SCn2nnc3ccccc3c2=O)nc2ccccc2c1=O. The molecule has 0 aliphatic heterocycles. The smallest absolute Gasteiger partial charge is 0.278 e. The van der Waals surface area contributed by atoms with E-state index in [1.54, 1.807) is 54.6 Å². The van der Waals surface area contributed by atoms with E-state index in [9.17, 15) is 9.59 Å². The van der Waals surface area contributed by atoms with Gasteiger partial charge in [0.25, 0.3) is 11.1 Å². The molecule has 0 unspecified atom stereocenters. The van der Waals surface area contributed by atoms with Crippen molar-refractivity contribution in [1.82, 2.24) is 24.5 Å². The number of methoxy groups -OCH3 is 1. The third-order valence-electron chi connectivity index (χ3n) is 5.39. The zero-order valence-corrected chi connectivity index (χ0v) is 19.8. The van der Waals surface area contributed by atoms with Crippen LogP contribution < -0.4 is 15.9 Å². The quantitative estimate of drug-likeness (QED) is 0.268. The number of fused-ring (bicyclic) bond motifs is 2. The van der Waals surface area contributed by atoms with Crippen LogP contribution in [0.1, 0.15) is 5.56 Å². The molecule has 0 N–H and O–H groups in total. The van der Waals surface area contributed by atoms with Gasteiger partial charge >= 0.3 is 0 Å². The molecule has 2 heterocycles. The summed E-state index contributed by atoms with van der Waals surface area (Å²) in [6.45, 7) is 1.85. The van der Waals surface area contributed by atoms with Crippen molar-refractivity contribution in [1.29, 1.82) is 0 Å². The standard InChI is InChI=1S/C24H18ClN5O3S/c1-14-11-20(21(33-2)12-17(14)25)30-23(32)15-7-3-5-9-18(15)26-24(30)34-13-29-22(31)16-8-4-6-10-19(16)27-28-29/h3-12H,13H2,1-2H3. The molecule has 3 aromatic carbocycles. The summed E-state index contributed by atoms with van der Waals surface area (Å²) in [6, 6.07) is 17.6. The Bertz CT molecular complexity index is 1680. The minimum atomic E-state index is -0.271.